The van der Waals surface area contributed by atoms with E-state index in [4.69, 9.17) is 14.2 Å². The number of aliphatic hydroxyl groups excluding tert-OH is 1. The van der Waals surface area contributed by atoms with Crippen molar-refractivity contribution in [3.8, 4) is 11.1 Å². The number of hydrogen-bond donors (Lipinski definition) is 2. The maximum atomic E-state index is 14.2. The van der Waals surface area contributed by atoms with Crippen molar-refractivity contribution in [2.45, 2.75) is 83.8 Å². The van der Waals surface area contributed by atoms with E-state index in [1.165, 1.54) is 0 Å². The summed E-state index contributed by atoms with van der Waals surface area (Å²) in [5.41, 5.74) is 2.16. The van der Waals surface area contributed by atoms with E-state index in [0.717, 1.165) is 23.1 Å². The Morgan fingerprint density at radius 2 is 1.47 bits per heavy atom. The maximum absolute atomic E-state index is 14.2. The van der Waals surface area contributed by atoms with Gasteiger partial charge in [0.1, 0.15) is 17.2 Å². The van der Waals surface area contributed by atoms with Crippen LogP contribution in [0.15, 0.2) is 72.8 Å². The summed E-state index contributed by atoms with van der Waals surface area (Å²) in [6.45, 7) is 8.42. The number of likely N-dealkylation sites (tertiary alicyclic amines) is 1. The van der Waals surface area contributed by atoms with E-state index < -0.39 is 64.6 Å². The van der Waals surface area contributed by atoms with Crippen molar-refractivity contribution in [3.63, 3.8) is 0 Å². The summed E-state index contributed by atoms with van der Waals surface area (Å²) in [5.74, 6) is -13.0. The minimum absolute atomic E-state index is 0.0948. The molecular formula is C42H43F5N2O6. The fourth-order valence-corrected chi connectivity index (χ4v) is 7.04. The predicted octanol–water partition coefficient (Wildman–Crippen LogP) is 8.07. The van der Waals surface area contributed by atoms with Crippen LogP contribution in [0.3, 0.4) is 0 Å². The van der Waals surface area contributed by atoms with Gasteiger partial charge < -0.3 is 24.6 Å². The van der Waals surface area contributed by atoms with Crippen molar-refractivity contribution < 1.29 is 50.9 Å². The summed E-state index contributed by atoms with van der Waals surface area (Å²) >= 11 is 0. The highest BCUT2D eigenvalue weighted by Gasteiger charge is 2.42. The van der Waals surface area contributed by atoms with Crippen molar-refractivity contribution in [2.24, 2.45) is 5.92 Å². The van der Waals surface area contributed by atoms with Gasteiger partial charge in [0, 0.05) is 24.6 Å². The van der Waals surface area contributed by atoms with Gasteiger partial charge >= 0.3 is 5.97 Å². The third kappa shape index (κ3) is 8.91. The number of ether oxygens (including phenoxy) is 3. The molecule has 2 saturated heterocycles. The van der Waals surface area contributed by atoms with Crippen LogP contribution in [-0.2, 0) is 32.2 Å². The number of nitrogens with zero attached hydrogens (tertiary/aromatic N) is 1. The molecular weight excluding hydrogens is 723 g/mol. The Bertz CT molecular complexity index is 2010. The average molecular weight is 767 g/mol. The summed E-state index contributed by atoms with van der Waals surface area (Å²) < 4.78 is 88.5. The zero-order chi connectivity index (χ0) is 39.6. The number of carbonyl (C=O) groups excluding carboxylic acids is 2. The first kappa shape index (κ1) is 40.0. The lowest BCUT2D eigenvalue weighted by Gasteiger charge is -2.43. The molecule has 4 aromatic carbocycles. The first-order valence-corrected chi connectivity index (χ1v) is 18.1. The molecule has 0 bridgehead atoms. The SMILES string of the molecule is C[C@@H]1[C@H](CN2CCC[C@H]2C(=O)OC(C)(C)C)O[C@H](c2cccc(-c3cccc(CNC(=O)c4c(F)c(F)c(F)c(F)c4F)c3)c2)O[C@@H]1c1ccc(CO)cc1. The van der Waals surface area contributed by atoms with E-state index in [2.05, 4.69) is 17.1 Å². The van der Waals surface area contributed by atoms with Crippen LogP contribution < -0.4 is 5.32 Å². The Kier molecular flexibility index (Phi) is 12.1. The molecule has 0 radical (unpaired) electrons. The van der Waals surface area contributed by atoms with Crippen LogP contribution in [0.25, 0.3) is 11.1 Å². The standard InChI is InChI=1S/C42H43F5N2O6/c1-23-31(21-49-17-7-12-30(49)40(52)55-42(2,3)4)53-41(54-38(23)26-15-13-24(22-50)14-16-26)29-11-6-10-28(19-29)27-9-5-8-25(18-27)20-48-39(51)32-33(43)35(45)37(47)36(46)34(32)44/h5-6,8-11,13-16,18-19,23,30-31,38,41,50H,7,12,17,20-22H2,1-4H3,(H,48,51)/t23-,30+,31+,38+,41+/m1/s1. The molecule has 55 heavy (non-hydrogen) atoms. The molecule has 13 heteroatoms. The second-order valence-electron chi connectivity index (χ2n) is 15.0. The Morgan fingerprint density at radius 1 is 0.836 bits per heavy atom. The molecule has 2 aliphatic heterocycles. The number of hydrogen-bond acceptors (Lipinski definition) is 7. The molecule has 2 heterocycles. The molecule has 1 amide bonds. The van der Waals surface area contributed by atoms with Crippen molar-refractivity contribution in [2.75, 3.05) is 13.1 Å². The minimum Gasteiger partial charge on any atom is -0.459 e. The molecule has 2 N–H and O–H groups in total. The zero-order valence-electron chi connectivity index (χ0n) is 30.9. The summed E-state index contributed by atoms with van der Waals surface area (Å²) in [6, 6.07) is 21.5. The van der Waals surface area contributed by atoms with Crippen molar-refractivity contribution in [1.29, 1.82) is 0 Å². The number of carbonyl (C=O) groups is 2. The second-order valence-corrected chi connectivity index (χ2v) is 15.0. The number of halogens is 5. The summed E-state index contributed by atoms with van der Waals surface area (Å²) in [5, 5.41) is 11.9. The van der Waals surface area contributed by atoms with Gasteiger partial charge in [-0.3, -0.25) is 14.5 Å². The van der Waals surface area contributed by atoms with Crippen molar-refractivity contribution >= 4 is 11.9 Å². The summed E-state index contributed by atoms with van der Waals surface area (Å²) in [4.78, 5) is 27.9. The highest BCUT2D eigenvalue weighted by molar-refractivity contribution is 5.94. The highest BCUT2D eigenvalue weighted by atomic mass is 19.2. The predicted molar refractivity (Wildman–Crippen MR) is 193 cm³/mol. The molecule has 4 aromatic rings. The zero-order valence-corrected chi connectivity index (χ0v) is 30.9. The monoisotopic (exact) mass is 766 g/mol. The van der Waals surface area contributed by atoms with Crippen molar-refractivity contribution in [3.05, 3.63) is 130 Å². The molecule has 2 aliphatic rings. The van der Waals surface area contributed by atoms with Crippen LogP contribution in [0.4, 0.5) is 22.0 Å². The highest BCUT2D eigenvalue weighted by Crippen LogP contribution is 2.43. The molecule has 8 nitrogen and oxygen atoms in total. The summed E-state index contributed by atoms with van der Waals surface area (Å²) in [7, 11) is 0. The van der Waals surface area contributed by atoms with Gasteiger partial charge in [-0.25, -0.2) is 22.0 Å². The average Bonchev–Trinajstić information content (AvgIpc) is 3.64. The van der Waals surface area contributed by atoms with Crippen LogP contribution in [-0.4, -0.2) is 52.7 Å². The van der Waals surface area contributed by atoms with Gasteiger partial charge in [0.05, 0.1) is 18.8 Å². The second kappa shape index (κ2) is 16.6. The number of aliphatic hydroxyl groups is 1. The van der Waals surface area contributed by atoms with Crippen LogP contribution in [0.5, 0.6) is 0 Å². The normalized spacial score (nSPS) is 21.7. The maximum Gasteiger partial charge on any atom is 0.323 e. The third-order valence-corrected chi connectivity index (χ3v) is 9.89. The van der Waals surface area contributed by atoms with Crippen LogP contribution in [0.1, 0.15) is 85.5 Å². The third-order valence-electron chi connectivity index (χ3n) is 9.89. The number of benzene rings is 4. The first-order valence-electron chi connectivity index (χ1n) is 18.1. The van der Waals surface area contributed by atoms with Gasteiger partial charge in [-0.1, -0.05) is 67.6 Å². The molecule has 292 valence electrons. The van der Waals surface area contributed by atoms with Gasteiger partial charge in [0.25, 0.3) is 5.91 Å². The Labute approximate surface area is 316 Å². The van der Waals surface area contributed by atoms with E-state index in [0.29, 0.717) is 36.2 Å². The Balaban J connectivity index is 1.23. The molecule has 0 unspecified atom stereocenters. The Hall–Kier alpha value is -4.69. The largest absolute Gasteiger partial charge is 0.459 e. The van der Waals surface area contributed by atoms with Gasteiger partial charge in [0.2, 0.25) is 5.82 Å². The number of amides is 1. The van der Waals surface area contributed by atoms with Gasteiger partial charge in [-0.05, 0) is 80.1 Å². The lowest BCUT2D eigenvalue weighted by atomic mass is 9.89. The number of nitrogens with one attached hydrogen (secondary N) is 1. The van der Waals surface area contributed by atoms with E-state index in [-0.39, 0.29) is 31.1 Å². The lowest BCUT2D eigenvalue weighted by Crippen LogP contribution is -2.48. The molecule has 0 spiro atoms. The van der Waals surface area contributed by atoms with Crippen molar-refractivity contribution in [1.82, 2.24) is 10.2 Å². The van der Waals surface area contributed by atoms with E-state index >= 15 is 0 Å². The molecule has 0 saturated carbocycles. The fraction of sp³-hybridized carbons (Fsp3) is 0.381. The lowest BCUT2D eigenvalue weighted by molar-refractivity contribution is -0.276. The molecule has 6 rings (SSSR count). The van der Waals surface area contributed by atoms with Crippen LogP contribution in [0, 0.1) is 35.0 Å². The number of esters is 1. The summed E-state index contributed by atoms with van der Waals surface area (Å²) in [6.07, 6.45) is -0.0250. The van der Waals surface area contributed by atoms with Gasteiger partial charge in [-0.2, -0.15) is 0 Å². The quantitative estimate of drug-likeness (QED) is 0.0730. The number of rotatable bonds is 10. The van der Waals surface area contributed by atoms with Crippen LogP contribution in [0.2, 0.25) is 0 Å². The topological polar surface area (TPSA) is 97.3 Å². The van der Waals surface area contributed by atoms with E-state index in [1.54, 1.807) is 18.2 Å². The molecule has 0 aromatic heterocycles. The fourth-order valence-electron chi connectivity index (χ4n) is 7.04. The molecule has 5 atom stereocenters. The smallest absolute Gasteiger partial charge is 0.323 e. The molecule has 0 aliphatic carbocycles. The first-order chi connectivity index (χ1) is 26.1. The Morgan fingerprint density at radius 3 is 2.13 bits per heavy atom. The minimum atomic E-state index is -2.35. The van der Waals surface area contributed by atoms with E-state index in [9.17, 15) is 36.6 Å². The molecule has 2 fully saturated rings. The van der Waals surface area contributed by atoms with Crippen LogP contribution >= 0.6 is 0 Å². The van der Waals surface area contributed by atoms with Gasteiger partial charge in [-0.15, -0.1) is 0 Å². The van der Waals surface area contributed by atoms with E-state index in [1.807, 2.05) is 75.4 Å². The van der Waals surface area contributed by atoms with Gasteiger partial charge in [0.15, 0.2) is 29.6 Å².